The first kappa shape index (κ1) is 24.1. The molecule has 0 saturated heterocycles. The molecule has 0 bridgehead atoms. The zero-order valence-electron chi connectivity index (χ0n) is 17.9. The molecule has 8 nitrogen and oxygen atoms in total. The van der Waals surface area contributed by atoms with Crippen LogP contribution >= 0.6 is 0 Å². The van der Waals surface area contributed by atoms with Crippen LogP contribution in [0, 0.1) is 0 Å². The Morgan fingerprint density at radius 1 is 1.06 bits per heavy atom. The van der Waals surface area contributed by atoms with E-state index in [0.29, 0.717) is 18.5 Å². The molecule has 2 aromatic carbocycles. The number of allylic oxidation sites excluding steroid dienone is 1. The minimum atomic E-state index is -4.41. The second-order valence-corrected chi connectivity index (χ2v) is 10.8. The topological polar surface area (TPSA) is 124 Å². The van der Waals surface area contributed by atoms with E-state index in [-0.39, 0.29) is 11.3 Å². The van der Waals surface area contributed by atoms with Crippen molar-refractivity contribution < 1.29 is 30.5 Å². The number of nitrogens with zero attached hydrogens (tertiary/aromatic N) is 1. The van der Waals surface area contributed by atoms with Gasteiger partial charge in [-0.15, -0.1) is 0 Å². The Bertz CT molecular complexity index is 1270. The summed E-state index contributed by atoms with van der Waals surface area (Å²) in [7, 11) is -8.54. The zero-order valence-corrected chi connectivity index (χ0v) is 19.5. The summed E-state index contributed by atoms with van der Waals surface area (Å²) in [5.41, 5.74) is 2.45. The molecule has 10 heteroatoms. The van der Waals surface area contributed by atoms with E-state index in [2.05, 4.69) is 5.32 Å². The number of rotatable bonds is 9. The molecule has 0 amide bonds. The highest BCUT2D eigenvalue weighted by Gasteiger charge is 2.47. The van der Waals surface area contributed by atoms with Crippen molar-refractivity contribution in [3.05, 3.63) is 66.4 Å². The van der Waals surface area contributed by atoms with Gasteiger partial charge >= 0.3 is 0 Å². The van der Waals surface area contributed by atoms with Gasteiger partial charge in [0.2, 0.25) is 5.69 Å². The fraction of sp³-hybridized carbons (Fsp3) is 0.318. The molecule has 2 aromatic rings. The Morgan fingerprint density at radius 3 is 2.34 bits per heavy atom. The third kappa shape index (κ3) is 5.26. The average Bonchev–Trinajstić information content (AvgIpc) is 2.95. The van der Waals surface area contributed by atoms with Gasteiger partial charge in [0.1, 0.15) is 6.54 Å². The Morgan fingerprint density at radius 2 is 1.75 bits per heavy atom. The molecule has 1 aliphatic rings. The second kappa shape index (κ2) is 9.14. The number of para-hydroxylation sites is 1. The molecular weight excluding hydrogens is 452 g/mol. The van der Waals surface area contributed by atoms with Crippen LogP contribution in [0.4, 0.5) is 11.4 Å². The van der Waals surface area contributed by atoms with Crippen LogP contribution in [0.15, 0.2) is 65.7 Å². The molecule has 0 radical (unpaired) electrons. The number of benzene rings is 2. The lowest BCUT2D eigenvalue weighted by molar-refractivity contribution is -0.433. The van der Waals surface area contributed by atoms with Gasteiger partial charge in [-0.1, -0.05) is 18.2 Å². The third-order valence-electron chi connectivity index (χ3n) is 5.67. The Hall–Kier alpha value is -2.53. The van der Waals surface area contributed by atoms with Gasteiger partial charge in [-0.2, -0.15) is 21.4 Å². The van der Waals surface area contributed by atoms with Gasteiger partial charge in [-0.25, -0.2) is 0 Å². The summed E-state index contributed by atoms with van der Waals surface area (Å²) in [4.78, 5) is -0.221. The monoisotopic (exact) mass is 479 g/mol. The van der Waals surface area contributed by atoms with E-state index < -0.39 is 31.4 Å². The highest BCUT2D eigenvalue weighted by molar-refractivity contribution is 7.86. The molecule has 1 heterocycles. The van der Waals surface area contributed by atoms with Gasteiger partial charge < -0.3 is 5.32 Å². The van der Waals surface area contributed by atoms with Crippen molar-refractivity contribution in [2.45, 2.75) is 37.0 Å². The van der Waals surface area contributed by atoms with Crippen LogP contribution < -0.4 is 5.32 Å². The second-order valence-electron chi connectivity index (χ2n) is 7.85. The summed E-state index contributed by atoms with van der Waals surface area (Å²) in [6.07, 6.45) is 4.18. The Balaban J connectivity index is 2.05. The van der Waals surface area contributed by atoms with Crippen LogP contribution in [0.2, 0.25) is 0 Å². The first-order valence-corrected chi connectivity index (χ1v) is 13.2. The van der Waals surface area contributed by atoms with Crippen LogP contribution in [0.3, 0.4) is 0 Å². The third-order valence-corrected chi connectivity index (χ3v) is 7.32. The molecule has 32 heavy (non-hydrogen) atoms. The molecule has 0 fully saturated rings. The molecular formula is C22H27N2O6S2+. The molecule has 1 atom stereocenters. The maximum absolute atomic E-state index is 11.7. The highest BCUT2D eigenvalue weighted by Crippen LogP contribution is 2.44. The van der Waals surface area contributed by atoms with Crippen molar-refractivity contribution in [2.24, 2.45) is 0 Å². The molecule has 0 spiro atoms. The van der Waals surface area contributed by atoms with Gasteiger partial charge in [-0.05, 0) is 51.0 Å². The molecule has 3 N–H and O–H groups in total. The number of hydrogen-bond acceptors (Lipinski definition) is 5. The molecule has 0 aliphatic carbocycles. The Kier molecular flexibility index (Phi) is 6.89. The van der Waals surface area contributed by atoms with E-state index in [1.54, 1.807) is 12.3 Å². The minimum absolute atomic E-state index is 0.173. The van der Waals surface area contributed by atoms with E-state index in [4.69, 9.17) is 0 Å². The maximum Gasteiger partial charge on any atom is 0.294 e. The normalized spacial score (nSPS) is 18.9. The van der Waals surface area contributed by atoms with Gasteiger partial charge in [0, 0.05) is 29.6 Å². The van der Waals surface area contributed by atoms with E-state index in [9.17, 15) is 25.9 Å². The van der Waals surface area contributed by atoms with Crippen molar-refractivity contribution in [1.29, 1.82) is 0 Å². The van der Waals surface area contributed by atoms with Crippen molar-refractivity contribution in [3.8, 4) is 0 Å². The number of anilines is 1. The van der Waals surface area contributed by atoms with Crippen molar-refractivity contribution in [2.75, 3.05) is 17.6 Å². The molecule has 0 saturated carbocycles. The van der Waals surface area contributed by atoms with Crippen LogP contribution in [-0.2, 0) is 25.7 Å². The summed E-state index contributed by atoms with van der Waals surface area (Å²) in [6, 6.07) is 14.0. The van der Waals surface area contributed by atoms with Crippen molar-refractivity contribution >= 4 is 37.3 Å². The zero-order chi connectivity index (χ0) is 23.6. The standard InChI is InChI=1S/C22H26N2O6S2/c1-3-24-20-11-10-18(32(28,29)30)16-19(20)22(2,13-7-15-31(25,26)27)21(24)12-14-23-17-8-5-4-6-9-17/h4-6,8-12,14,16H,3,7,13,15H2,1-2H3,(H2,25,26,27,28,29,30)/p+1. The lowest BCUT2D eigenvalue weighted by Gasteiger charge is -2.22. The molecule has 1 aliphatic heterocycles. The highest BCUT2D eigenvalue weighted by atomic mass is 32.2. The summed E-state index contributed by atoms with van der Waals surface area (Å²) >= 11 is 0. The van der Waals surface area contributed by atoms with Gasteiger partial charge in [0.25, 0.3) is 20.2 Å². The van der Waals surface area contributed by atoms with Gasteiger partial charge in [0.05, 0.1) is 16.1 Å². The van der Waals surface area contributed by atoms with Crippen LogP contribution in [0.1, 0.15) is 32.3 Å². The predicted octanol–water partition coefficient (Wildman–Crippen LogP) is 3.60. The Labute approximate surface area is 188 Å². The smallest absolute Gasteiger partial charge is 0.294 e. The van der Waals surface area contributed by atoms with E-state index in [1.165, 1.54) is 12.1 Å². The summed E-state index contributed by atoms with van der Waals surface area (Å²) < 4.78 is 66.8. The van der Waals surface area contributed by atoms with Crippen molar-refractivity contribution in [1.82, 2.24) is 0 Å². The maximum atomic E-state index is 11.7. The summed E-state index contributed by atoms with van der Waals surface area (Å²) in [5.74, 6) is -0.401. The lowest BCUT2D eigenvalue weighted by Crippen LogP contribution is -2.32. The van der Waals surface area contributed by atoms with Crippen LogP contribution in [0.5, 0.6) is 0 Å². The van der Waals surface area contributed by atoms with E-state index in [1.807, 2.05) is 54.8 Å². The number of hydrogen-bond donors (Lipinski definition) is 3. The number of fused-ring (bicyclic) bond motifs is 1. The molecule has 1 unspecified atom stereocenters. The summed E-state index contributed by atoms with van der Waals surface area (Å²) in [6.45, 7) is 4.46. The quantitative estimate of drug-likeness (QED) is 0.371. The van der Waals surface area contributed by atoms with E-state index in [0.717, 1.165) is 17.1 Å². The number of nitrogens with one attached hydrogen (secondary N) is 1. The minimum Gasteiger partial charge on any atom is -0.361 e. The largest absolute Gasteiger partial charge is 0.361 e. The van der Waals surface area contributed by atoms with Gasteiger partial charge in [0.15, 0.2) is 5.71 Å². The van der Waals surface area contributed by atoms with Gasteiger partial charge in [-0.3, -0.25) is 9.11 Å². The van der Waals surface area contributed by atoms with Crippen LogP contribution in [-0.4, -0.2) is 48.5 Å². The SMILES string of the molecule is CC[N+]1=C(/C=C/Nc2ccccc2)C(C)(CCCS(=O)(=O)O)c2cc(S(=O)(=O)O)ccc21. The molecule has 0 aromatic heterocycles. The summed E-state index contributed by atoms with van der Waals surface area (Å²) in [5, 5.41) is 3.20. The first-order chi connectivity index (χ1) is 15.0. The lowest BCUT2D eigenvalue weighted by atomic mass is 9.76. The van der Waals surface area contributed by atoms with E-state index >= 15 is 0 Å². The fourth-order valence-corrected chi connectivity index (χ4v) is 5.17. The van der Waals surface area contributed by atoms with Crippen molar-refractivity contribution in [3.63, 3.8) is 0 Å². The first-order valence-electron chi connectivity index (χ1n) is 10.2. The average molecular weight is 480 g/mol. The predicted molar refractivity (Wildman–Crippen MR) is 124 cm³/mol. The fourth-order valence-electron chi connectivity index (χ4n) is 4.16. The molecule has 3 rings (SSSR count). The van der Waals surface area contributed by atoms with Crippen LogP contribution in [0.25, 0.3) is 0 Å². The molecule has 172 valence electrons.